The van der Waals surface area contributed by atoms with Gasteiger partial charge in [-0.05, 0) is 42.4 Å². The fraction of sp³-hybridized carbons (Fsp3) is 0.538. The van der Waals surface area contributed by atoms with Gasteiger partial charge in [0.2, 0.25) is 0 Å². The fourth-order valence-electron chi connectivity index (χ4n) is 2.56. The molecule has 1 aromatic rings. The normalized spacial score (nSPS) is 18.9. The van der Waals surface area contributed by atoms with Gasteiger partial charge in [-0.1, -0.05) is 42.1 Å². The Hall–Kier alpha value is 0.0900. The van der Waals surface area contributed by atoms with Crippen LogP contribution in [0.5, 0.6) is 0 Å². The van der Waals surface area contributed by atoms with Crippen molar-refractivity contribution in [1.82, 2.24) is 0 Å². The Morgan fingerprint density at radius 2 is 1.62 bits per heavy atom. The second kappa shape index (κ2) is 5.16. The van der Waals surface area contributed by atoms with E-state index in [1.54, 1.807) is 0 Å². The Morgan fingerprint density at radius 1 is 1.06 bits per heavy atom. The summed E-state index contributed by atoms with van der Waals surface area (Å²) in [5.74, 6) is 0.703. The molecule has 0 N–H and O–H groups in total. The van der Waals surface area contributed by atoms with E-state index in [1.807, 2.05) is 18.2 Å². The van der Waals surface area contributed by atoms with Crippen LogP contribution in [0.25, 0.3) is 0 Å². The van der Waals surface area contributed by atoms with Crippen molar-refractivity contribution < 1.29 is 0 Å². The van der Waals surface area contributed by atoms with E-state index in [9.17, 15) is 0 Å². The Kier molecular flexibility index (Phi) is 4.05. The van der Waals surface area contributed by atoms with Crippen LogP contribution < -0.4 is 0 Å². The lowest BCUT2D eigenvalue weighted by molar-refractivity contribution is 0.341. The van der Waals surface area contributed by atoms with Crippen molar-refractivity contribution in [1.29, 1.82) is 0 Å². The molecular weight excluding hydrogens is 263 g/mol. The van der Waals surface area contributed by atoms with Crippen LogP contribution in [0.1, 0.15) is 31.2 Å². The highest BCUT2D eigenvalue weighted by Crippen LogP contribution is 2.44. The number of alkyl halides is 1. The zero-order valence-electron chi connectivity index (χ0n) is 9.11. The summed E-state index contributed by atoms with van der Waals surface area (Å²) in [6, 6.07) is 5.69. The van der Waals surface area contributed by atoms with Crippen LogP contribution in [-0.4, -0.2) is 5.88 Å². The van der Waals surface area contributed by atoms with Crippen LogP contribution in [0.3, 0.4) is 0 Å². The minimum Gasteiger partial charge on any atom is -0.126 e. The third-order valence-electron chi connectivity index (χ3n) is 3.56. The zero-order chi connectivity index (χ0) is 11.6. The number of benzene rings is 1. The van der Waals surface area contributed by atoms with Crippen molar-refractivity contribution in [2.75, 3.05) is 5.88 Å². The lowest BCUT2D eigenvalue weighted by Crippen LogP contribution is -2.22. The number of rotatable bonds is 3. The van der Waals surface area contributed by atoms with Gasteiger partial charge in [0, 0.05) is 15.9 Å². The SMILES string of the molecule is ClCC1(Cc2c(Cl)cccc2Cl)CCCC1. The van der Waals surface area contributed by atoms with E-state index < -0.39 is 0 Å². The van der Waals surface area contributed by atoms with Gasteiger partial charge in [0.05, 0.1) is 0 Å². The largest absolute Gasteiger partial charge is 0.126 e. The summed E-state index contributed by atoms with van der Waals surface area (Å²) < 4.78 is 0. The number of halogens is 3. The molecule has 1 aromatic carbocycles. The first-order valence-corrected chi connectivity index (χ1v) is 6.95. The third-order valence-corrected chi connectivity index (χ3v) is 4.84. The van der Waals surface area contributed by atoms with Crippen molar-refractivity contribution in [3.8, 4) is 0 Å². The van der Waals surface area contributed by atoms with E-state index in [0.29, 0.717) is 5.88 Å². The molecule has 1 aliphatic rings. The minimum atomic E-state index is 0.218. The topological polar surface area (TPSA) is 0 Å². The Balaban J connectivity index is 2.25. The first-order valence-electron chi connectivity index (χ1n) is 5.66. The zero-order valence-corrected chi connectivity index (χ0v) is 11.4. The number of hydrogen-bond donors (Lipinski definition) is 0. The monoisotopic (exact) mass is 276 g/mol. The fourth-order valence-corrected chi connectivity index (χ4v) is 3.45. The Labute approximate surface area is 112 Å². The maximum atomic E-state index is 6.20. The molecule has 0 spiro atoms. The first-order chi connectivity index (χ1) is 7.67. The second-order valence-corrected chi connectivity index (χ2v) is 5.80. The summed E-state index contributed by atoms with van der Waals surface area (Å²) in [4.78, 5) is 0. The molecular formula is C13H15Cl3. The molecule has 0 saturated heterocycles. The predicted octanol–water partition coefficient (Wildman–Crippen LogP) is 5.34. The van der Waals surface area contributed by atoms with Gasteiger partial charge in [-0.3, -0.25) is 0 Å². The van der Waals surface area contributed by atoms with Gasteiger partial charge in [-0.15, -0.1) is 11.6 Å². The van der Waals surface area contributed by atoms with Gasteiger partial charge >= 0.3 is 0 Å². The minimum absolute atomic E-state index is 0.218. The predicted molar refractivity (Wildman–Crippen MR) is 71.8 cm³/mol. The average molecular weight is 278 g/mol. The van der Waals surface area contributed by atoms with Crippen LogP contribution >= 0.6 is 34.8 Å². The average Bonchev–Trinajstić information content (AvgIpc) is 2.73. The van der Waals surface area contributed by atoms with Crippen molar-refractivity contribution >= 4 is 34.8 Å². The van der Waals surface area contributed by atoms with E-state index in [1.165, 1.54) is 25.7 Å². The van der Waals surface area contributed by atoms with Gasteiger partial charge in [0.15, 0.2) is 0 Å². The highest BCUT2D eigenvalue weighted by atomic mass is 35.5. The van der Waals surface area contributed by atoms with Crippen molar-refractivity contribution in [3.63, 3.8) is 0 Å². The standard InChI is InChI=1S/C13H15Cl3/c14-9-13(6-1-2-7-13)8-10-11(15)4-3-5-12(10)16/h3-5H,1-2,6-9H2. The van der Waals surface area contributed by atoms with Gasteiger partial charge < -0.3 is 0 Å². The summed E-state index contributed by atoms with van der Waals surface area (Å²) in [7, 11) is 0. The van der Waals surface area contributed by atoms with Crippen LogP contribution in [-0.2, 0) is 6.42 Å². The summed E-state index contributed by atoms with van der Waals surface area (Å²) in [6.45, 7) is 0. The molecule has 88 valence electrons. The van der Waals surface area contributed by atoms with E-state index in [2.05, 4.69) is 0 Å². The number of hydrogen-bond acceptors (Lipinski definition) is 0. The quantitative estimate of drug-likeness (QED) is 0.655. The maximum Gasteiger partial charge on any atom is 0.0453 e. The third kappa shape index (κ3) is 2.50. The Bertz CT molecular complexity index is 347. The van der Waals surface area contributed by atoms with E-state index >= 15 is 0 Å². The molecule has 2 rings (SSSR count). The molecule has 3 heteroatoms. The summed E-state index contributed by atoms with van der Waals surface area (Å²) in [5, 5.41) is 1.53. The molecule has 0 radical (unpaired) electrons. The van der Waals surface area contributed by atoms with Crippen molar-refractivity contribution in [3.05, 3.63) is 33.8 Å². The van der Waals surface area contributed by atoms with Gasteiger partial charge in [0.1, 0.15) is 0 Å². The molecule has 16 heavy (non-hydrogen) atoms. The maximum absolute atomic E-state index is 6.20. The van der Waals surface area contributed by atoms with Gasteiger partial charge in [-0.2, -0.15) is 0 Å². The molecule has 0 unspecified atom stereocenters. The van der Waals surface area contributed by atoms with Crippen LogP contribution in [0.15, 0.2) is 18.2 Å². The molecule has 0 atom stereocenters. The van der Waals surface area contributed by atoms with E-state index in [0.717, 1.165) is 22.0 Å². The summed E-state index contributed by atoms with van der Waals surface area (Å²) in [5.41, 5.74) is 1.28. The molecule has 0 amide bonds. The van der Waals surface area contributed by atoms with Gasteiger partial charge in [0.25, 0.3) is 0 Å². The lowest BCUT2D eigenvalue weighted by atomic mass is 9.82. The molecule has 0 aliphatic heterocycles. The molecule has 1 aliphatic carbocycles. The molecule has 0 heterocycles. The van der Waals surface area contributed by atoms with Crippen molar-refractivity contribution in [2.24, 2.45) is 5.41 Å². The van der Waals surface area contributed by atoms with Crippen LogP contribution in [0.2, 0.25) is 10.0 Å². The summed E-state index contributed by atoms with van der Waals surface area (Å²) >= 11 is 18.5. The van der Waals surface area contributed by atoms with E-state index in [-0.39, 0.29) is 5.41 Å². The molecule has 0 bridgehead atoms. The van der Waals surface area contributed by atoms with Crippen LogP contribution in [0.4, 0.5) is 0 Å². The second-order valence-electron chi connectivity index (χ2n) is 4.72. The highest BCUT2D eigenvalue weighted by Gasteiger charge is 2.34. The summed E-state index contributed by atoms with van der Waals surface area (Å²) in [6.07, 6.45) is 5.84. The first kappa shape index (κ1) is 12.5. The molecule has 0 nitrogen and oxygen atoms in total. The Morgan fingerprint density at radius 3 is 2.12 bits per heavy atom. The molecule has 0 aromatic heterocycles. The molecule has 1 fully saturated rings. The van der Waals surface area contributed by atoms with Crippen LogP contribution in [0, 0.1) is 5.41 Å². The van der Waals surface area contributed by atoms with Gasteiger partial charge in [-0.25, -0.2) is 0 Å². The lowest BCUT2D eigenvalue weighted by Gasteiger charge is -2.27. The van der Waals surface area contributed by atoms with Crippen molar-refractivity contribution in [2.45, 2.75) is 32.1 Å². The highest BCUT2D eigenvalue weighted by molar-refractivity contribution is 6.36. The van der Waals surface area contributed by atoms with E-state index in [4.69, 9.17) is 34.8 Å². The smallest absolute Gasteiger partial charge is 0.0453 e. The molecule has 1 saturated carbocycles.